The van der Waals surface area contributed by atoms with Gasteiger partial charge in [0.15, 0.2) is 0 Å². The van der Waals surface area contributed by atoms with Gasteiger partial charge in [0.1, 0.15) is 12.7 Å². The maximum absolute atomic E-state index is 11.1. The predicted octanol–water partition coefficient (Wildman–Crippen LogP) is 0.883. The van der Waals surface area contributed by atoms with Crippen LogP contribution in [0.15, 0.2) is 34.5 Å². The zero-order valence-corrected chi connectivity index (χ0v) is 16.6. The average Bonchev–Trinajstić information content (AvgIpc) is 3.17. The summed E-state index contributed by atoms with van der Waals surface area (Å²) in [6.07, 6.45) is 3.48. The second kappa shape index (κ2) is 9.68. The number of likely N-dealkylation sites (tertiary alicyclic amines) is 1. The van der Waals surface area contributed by atoms with Crippen LogP contribution in [0, 0.1) is 0 Å². The van der Waals surface area contributed by atoms with Crippen LogP contribution in [0.25, 0.3) is 0 Å². The Balaban J connectivity index is 1.61. The second-order valence-electron chi connectivity index (χ2n) is 7.61. The number of carboxylic acid groups (broad SMARTS) is 2. The van der Waals surface area contributed by atoms with Gasteiger partial charge in [-0.25, -0.2) is 4.79 Å². The summed E-state index contributed by atoms with van der Waals surface area (Å²) >= 11 is 0. The summed E-state index contributed by atoms with van der Waals surface area (Å²) in [6, 6.07) is 7.61. The zero-order valence-electron chi connectivity index (χ0n) is 16.6. The van der Waals surface area contributed by atoms with Gasteiger partial charge in [0.25, 0.3) is 0 Å². The Morgan fingerprint density at radius 2 is 1.97 bits per heavy atom. The minimum absolute atomic E-state index is 0.0347. The molecule has 0 aliphatic carbocycles. The number of benzene rings is 1. The third-order valence-electron chi connectivity index (χ3n) is 5.43. The fourth-order valence-corrected chi connectivity index (χ4v) is 3.90. The largest absolute Gasteiger partial charge is 0.480 e. The Morgan fingerprint density at radius 1 is 1.27 bits per heavy atom. The molecule has 0 bridgehead atoms. The van der Waals surface area contributed by atoms with Crippen molar-refractivity contribution >= 4 is 23.9 Å². The lowest BCUT2D eigenvalue weighted by atomic mass is 9.84. The number of carbonyl (C=O) groups is 2. The molecule has 10 nitrogen and oxygen atoms in total. The predicted molar refractivity (Wildman–Crippen MR) is 108 cm³/mol. The van der Waals surface area contributed by atoms with Crippen molar-refractivity contribution < 1.29 is 29.4 Å². The van der Waals surface area contributed by atoms with E-state index in [1.54, 1.807) is 6.21 Å². The number of carboxylic acids is 2. The van der Waals surface area contributed by atoms with Gasteiger partial charge in [-0.2, -0.15) is 5.10 Å². The Hall–Kier alpha value is -2.98. The molecule has 4 N–H and O–H groups in total. The van der Waals surface area contributed by atoms with Crippen LogP contribution in [0.5, 0.6) is 0 Å². The van der Waals surface area contributed by atoms with Crippen LogP contribution in [0.3, 0.4) is 0 Å². The van der Waals surface area contributed by atoms with E-state index in [-0.39, 0.29) is 12.6 Å². The average molecular weight is 418 g/mol. The zero-order chi connectivity index (χ0) is 21.6. The summed E-state index contributed by atoms with van der Waals surface area (Å²) in [4.78, 5) is 29.5. The molecule has 2 aliphatic rings. The Labute approximate surface area is 173 Å². The summed E-state index contributed by atoms with van der Waals surface area (Å²) in [7, 11) is 0. The smallest absolute Gasteiger partial charge is 0.329 e. The third-order valence-corrected chi connectivity index (χ3v) is 5.43. The van der Waals surface area contributed by atoms with Gasteiger partial charge >= 0.3 is 11.9 Å². The number of nitrogens with zero attached hydrogens (tertiary/aromatic N) is 3. The van der Waals surface area contributed by atoms with Crippen molar-refractivity contribution in [1.29, 1.82) is 0 Å². The Kier molecular flexibility index (Phi) is 7.01. The second-order valence-corrected chi connectivity index (χ2v) is 7.61. The lowest BCUT2D eigenvalue weighted by molar-refractivity contribution is -0.159. The molecule has 0 amide bonds. The van der Waals surface area contributed by atoms with Crippen molar-refractivity contribution in [2.45, 2.75) is 37.4 Å². The molecule has 1 saturated heterocycles. The van der Waals surface area contributed by atoms with Gasteiger partial charge in [0.2, 0.25) is 0 Å². The lowest BCUT2D eigenvalue weighted by Crippen LogP contribution is -2.49. The van der Waals surface area contributed by atoms with Gasteiger partial charge in [0.05, 0.1) is 24.1 Å². The van der Waals surface area contributed by atoms with Crippen molar-refractivity contribution in [3.05, 3.63) is 35.4 Å². The summed E-state index contributed by atoms with van der Waals surface area (Å²) in [5.74, 6) is 3.25. The SMILES string of the molecule is NN=Cc1ccc(C2=NOC(CC3(OCC(=O)O)CCN(CC(=O)O)CC3)C2)cc1. The highest BCUT2D eigenvalue weighted by Crippen LogP contribution is 2.34. The van der Waals surface area contributed by atoms with E-state index >= 15 is 0 Å². The standard InChI is InChI=1S/C20H26N4O6/c21-22-11-14-1-3-15(4-2-14)17-9-16(30-23-17)10-20(29-13-19(27)28)5-7-24(8-6-20)12-18(25)26/h1-4,11,16H,5-10,12-13,21H2,(H,25,26)(H,27,28). The van der Waals surface area contributed by atoms with Gasteiger partial charge in [-0.15, -0.1) is 0 Å². The lowest BCUT2D eigenvalue weighted by Gasteiger charge is -2.41. The molecular formula is C20H26N4O6. The number of rotatable bonds is 9. The fraction of sp³-hybridized carbons (Fsp3) is 0.500. The van der Waals surface area contributed by atoms with Crippen LogP contribution in [-0.2, 0) is 19.2 Å². The number of hydrazone groups is 1. The number of ether oxygens (including phenoxy) is 1. The van der Waals surface area contributed by atoms with Crippen LogP contribution < -0.4 is 5.84 Å². The summed E-state index contributed by atoms with van der Waals surface area (Å²) in [5.41, 5.74) is 1.95. The van der Waals surface area contributed by atoms with Crippen molar-refractivity contribution in [2.75, 3.05) is 26.2 Å². The van der Waals surface area contributed by atoms with Crippen molar-refractivity contribution in [3.8, 4) is 0 Å². The minimum Gasteiger partial charge on any atom is -0.480 e. The maximum Gasteiger partial charge on any atom is 0.329 e. The van der Waals surface area contributed by atoms with Gasteiger partial charge in [0, 0.05) is 25.9 Å². The first kappa shape index (κ1) is 21.7. The van der Waals surface area contributed by atoms with Crippen LogP contribution in [0.4, 0.5) is 0 Å². The van der Waals surface area contributed by atoms with E-state index in [0.29, 0.717) is 38.8 Å². The molecule has 1 atom stereocenters. The summed E-state index contributed by atoms with van der Waals surface area (Å²) in [5, 5.41) is 25.7. The third kappa shape index (κ3) is 5.77. The minimum atomic E-state index is -1.03. The number of hydrogen-bond donors (Lipinski definition) is 3. The molecule has 2 aliphatic heterocycles. The quantitative estimate of drug-likeness (QED) is 0.304. The first-order valence-electron chi connectivity index (χ1n) is 9.75. The van der Waals surface area contributed by atoms with Crippen molar-refractivity contribution in [3.63, 3.8) is 0 Å². The molecule has 1 aromatic rings. The molecule has 1 fully saturated rings. The van der Waals surface area contributed by atoms with E-state index in [1.807, 2.05) is 29.2 Å². The highest BCUT2D eigenvalue weighted by molar-refractivity contribution is 6.01. The fourth-order valence-electron chi connectivity index (χ4n) is 3.90. The molecule has 0 saturated carbocycles. The number of aliphatic carboxylic acids is 2. The van der Waals surface area contributed by atoms with E-state index in [2.05, 4.69) is 10.3 Å². The van der Waals surface area contributed by atoms with Crippen molar-refractivity contribution in [2.24, 2.45) is 16.1 Å². The normalized spacial score (nSPS) is 21.3. The van der Waals surface area contributed by atoms with E-state index < -0.39 is 24.1 Å². The molecule has 0 spiro atoms. The van der Waals surface area contributed by atoms with Gasteiger partial charge in [-0.1, -0.05) is 29.4 Å². The topological polar surface area (TPSA) is 147 Å². The molecule has 1 unspecified atom stereocenters. The van der Waals surface area contributed by atoms with Crippen LogP contribution >= 0.6 is 0 Å². The van der Waals surface area contributed by atoms with E-state index in [1.165, 1.54) is 0 Å². The molecule has 0 aromatic heterocycles. The summed E-state index contributed by atoms with van der Waals surface area (Å²) in [6.45, 7) is 0.615. The first-order chi connectivity index (χ1) is 14.4. The molecular weight excluding hydrogens is 392 g/mol. The van der Waals surface area contributed by atoms with E-state index in [9.17, 15) is 9.59 Å². The molecule has 3 rings (SSSR count). The van der Waals surface area contributed by atoms with Crippen molar-refractivity contribution in [1.82, 2.24) is 4.90 Å². The van der Waals surface area contributed by atoms with Crippen LogP contribution in [0.1, 0.15) is 36.8 Å². The monoisotopic (exact) mass is 418 g/mol. The number of oxime groups is 1. The van der Waals surface area contributed by atoms with Crippen LogP contribution in [0.2, 0.25) is 0 Å². The highest BCUT2D eigenvalue weighted by Gasteiger charge is 2.40. The number of piperidine rings is 1. The first-order valence-corrected chi connectivity index (χ1v) is 9.75. The molecule has 1 aromatic carbocycles. The van der Waals surface area contributed by atoms with E-state index in [4.69, 9.17) is 25.6 Å². The Bertz CT molecular complexity index is 815. The van der Waals surface area contributed by atoms with Gasteiger partial charge < -0.3 is 25.6 Å². The molecule has 2 heterocycles. The summed E-state index contributed by atoms with van der Waals surface area (Å²) < 4.78 is 5.80. The molecule has 162 valence electrons. The molecule has 0 radical (unpaired) electrons. The highest BCUT2D eigenvalue weighted by atomic mass is 16.6. The van der Waals surface area contributed by atoms with Gasteiger partial charge in [-0.3, -0.25) is 9.69 Å². The molecule has 10 heteroatoms. The maximum atomic E-state index is 11.1. The Morgan fingerprint density at radius 3 is 2.57 bits per heavy atom. The van der Waals surface area contributed by atoms with E-state index in [0.717, 1.165) is 16.8 Å². The number of nitrogens with two attached hydrogens (primary N) is 1. The van der Waals surface area contributed by atoms with Crippen LogP contribution in [-0.4, -0.2) is 76.9 Å². The van der Waals surface area contributed by atoms with Gasteiger partial charge in [-0.05, 0) is 24.0 Å². The molecule has 30 heavy (non-hydrogen) atoms. The number of hydrogen-bond acceptors (Lipinski definition) is 8.